The highest BCUT2D eigenvalue weighted by molar-refractivity contribution is 5.54. The van der Waals surface area contributed by atoms with Crippen molar-refractivity contribution in [1.29, 1.82) is 0 Å². The lowest BCUT2D eigenvalue weighted by Gasteiger charge is -2.17. The molecule has 1 aromatic rings. The Labute approximate surface area is 113 Å². The summed E-state index contributed by atoms with van der Waals surface area (Å²) in [7, 11) is 0. The highest BCUT2D eigenvalue weighted by Crippen LogP contribution is 2.25. The molecule has 2 aliphatic heterocycles. The fraction of sp³-hybridized carbons (Fsp3) is 0.533. The lowest BCUT2D eigenvalue weighted by Crippen LogP contribution is -2.24. The summed E-state index contributed by atoms with van der Waals surface area (Å²) in [5.74, 6) is 0.992. The third-order valence-electron chi connectivity index (χ3n) is 3.88. The van der Waals surface area contributed by atoms with Crippen molar-refractivity contribution < 1.29 is 4.39 Å². The third kappa shape index (κ3) is 2.95. The van der Waals surface area contributed by atoms with Crippen molar-refractivity contribution >= 4 is 11.9 Å². The van der Waals surface area contributed by atoms with Gasteiger partial charge in [-0.15, -0.1) is 0 Å². The molecule has 0 aromatic carbocycles. The monoisotopic (exact) mass is 261 g/mol. The number of hydrogen-bond donors (Lipinski definition) is 2. The van der Waals surface area contributed by atoms with Crippen LogP contribution in [0.1, 0.15) is 30.5 Å². The van der Waals surface area contributed by atoms with Crippen LogP contribution in [0.2, 0.25) is 0 Å². The van der Waals surface area contributed by atoms with Crippen LogP contribution in [0.5, 0.6) is 0 Å². The quantitative estimate of drug-likeness (QED) is 0.878. The Morgan fingerprint density at radius 3 is 3.16 bits per heavy atom. The van der Waals surface area contributed by atoms with Gasteiger partial charge in [0, 0.05) is 19.5 Å². The number of anilines is 1. The van der Waals surface area contributed by atoms with Crippen molar-refractivity contribution in [2.45, 2.75) is 31.4 Å². The highest BCUT2D eigenvalue weighted by Gasteiger charge is 2.31. The summed E-state index contributed by atoms with van der Waals surface area (Å²) in [6.07, 6.45) is 7.17. The van der Waals surface area contributed by atoms with Crippen molar-refractivity contribution in [2.24, 2.45) is 0 Å². The van der Waals surface area contributed by atoms with E-state index in [1.807, 2.05) is 18.2 Å². The van der Waals surface area contributed by atoms with Gasteiger partial charge in [-0.2, -0.15) is 0 Å². The van der Waals surface area contributed by atoms with E-state index in [1.54, 1.807) is 0 Å². The Kier molecular flexibility index (Phi) is 3.51. The van der Waals surface area contributed by atoms with Crippen molar-refractivity contribution in [3.8, 4) is 0 Å². The molecule has 2 N–H and O–H groups in total. The number of hydrogen-bond acceptors (Lipinski definition) is 3. The molecule has 4 heteroatoms. The summed E-state index contributed by atoms with van der Waals surface area (Å²) in [5, 5.41) is 6.38. The number of alkyl halides is 1. The van der Waals surface area contributed by atoms with Gasteiger partial charge in [-0.05, 0) is 43.5 Å². The molecular weight excluding hydrogens is 241 g/mol. The fourth-order valence-electron chi connectivity index (χ4n) is 2.71. The van der Waals surface area contributed by atoms with Crippen LogP contribution in [0, 0.1) is 0 Å². The molecule has 102 valence electrons. The first-order valence-corrected chi connectivity index (χ1v) is 7.05. The van der Waals surface area contributed by atoms with E-state index in [4.69, 9.17) is 0 Å². The number of pyridine rings is 1. The number of aromatic nitrogens is 1. The summed E-state index contributed by atoms with van der Waals surface area (Å²) < 4.78 is 14.1. The van der Waals surface area contributed by atoms with E-state index in [9.17, 15) is 4.39 Å². The van der Waals surface area contributed by atoms with Gasteiger partial charge in [0.15, 0.2) is 0 Å². The molecule has 0 radical (unpaired) electrons. The Morgan fingerprint density at radius 2 is 2.32 bits per heavy atom. The number of aryl methyl sites for hydroxylation is 1. The Hall–Kier alpha value is -1.42. The van der Waals surface area contributed by atoms with E-state index in [2.05, 4.69) is 21.7 Å². The zero-order chi connectivity index (χ0) is 13.1. The minimum Gasteiger partial charge on any atom is -0.370 e. The van der Waals surface area contributed by atoms with Gasteiger partial charge in [0.25, 0.3) is 0 Å². The average molecular weight is 261 g/mol. The Bertz CT molecular complexity index is 478. The standard InChI is InChI=1S/C15H20FN3/c16-15(8-10-17-11-15)7-1-4-13-6-5-12-3-2-9-18-14(12)19-13/h1,4-6,17H,2-3,7-11H2,(H,18,19)/b4-1+. The maximum atomic E-state index is 14.1. The third-order valence-corrected chi connectivity index (χ3v) is 3.88. The summed E-state index contributed by atoms with van der Waals surface area (Å²) in [4.78, 5) is 4.56. The topological polar surface area (TPSA) is 37.0 Å². The van der Waals surface area contributed by atoms with Gasteiger partial charge in [0.05, 0.1) is 5.69 Å². The second-order valence-electron chi connectivity index (χ2n) is 5.46. The van der Waals surface area contributed by atoms with Crippen LogP contribution in [-0.2, 0) is 6.42 Å². The average Bonchev–Trinajstić information content (AvgIpc) is 2.86. The van der Waals surface area contributed by atoms with Gasteiger partial charge in [0.2, 0.25) is 0 Å². The molecule has 1 fully saturated rings. The molecule has 2 aliphatic rings. The molecule has 3 heterocycles. The maximum Gasteiger partial charge on any atom is 0.129 e. The van der Waals surface area contributed by atoms with E-state index < -0.39 is 5.67 Å². The Balaban J connectivity index is 1.66. The van der Waals surface area contributed by atoms with Gasteiger partial charge in [0.1, 0.15) is 11.5 Å². The van der Waals surface area contributed by atoms with Crippen molar-refractivity contribution in [2.75, 3.05) is 25.0 Å². The molecule has 0 spiro atoms. The molecule has 0 aliphatic carbocycles. The number of fused-ring (bicyclic) bond motifs is 1. The molecule has 1 aromatic heterocycles. The molecule has 0 bridgehead atoms. The molecular formula is C15H20FN3. The lowest BCUT2D eigenvalue weighted by molar-refractivity contribution is 0.195. The molecule has 0 amide bonds. The number of nitrogens with zero attached hydrogens (tertiary/aromatic N) is 1. The van der Waals surface area contributed by atoms with Gasteiger partial charge in [-0.1, -0.05) is 12.1 Å². The predicted octanol–water partition coefficient (Wildman–Crippen LogP) is 2.54. The zero-order valence-corrected chi connectivity index (χ0v) is 11.1. The summed E-state index contributed by atoms with van der Waals surface area (Å²) in [6.45, 7) is 2.24. The van der Waals surface area contributed by atoms with Crippen LogP contribution in [0.4, 0.5) is 10.2 Å². The summed E-state index contributed by atoms with van der Waals surface area (Å²) >= 11 is 0. The normalized spacial score (nSPS) is 26.4. The minimum absolute atomic E-state index is 0.464. The largest absolute Gasteiger partial charge is 0.370 e. The van der Waals surface area contributed by atoms with E-state index in [0.717, 1.165) is 31.0 Å². The molecule has 1 atom stereocenters. The second kappa shape index (κ2) is 5.29. The van der Waals surface area contributed by atoms with E-state index in [1.165, 1.54) is 12.0 Å². The van der Waals surface area contributed by atoms with E-state index in [-0.39, 0.29) is 0 Å². The smallest absolute Gasteiger partial charge is 0.129 e. The fourth-order valence-corrected chi connectivity index (χ4v) is 2.71. The van der Waals surface area contributed by atoms with Crippen LogP contribution < -0.4 is 10.6 Å². The first kappa shape index (κ1) is 12.6. The highest BCUT2D eigenvalue weighted by atomic mass is 19.1. The van der Waals surface area contributed by atoms with Gasteiger partial charge in [-0.3, -0.25) is 0 Å². The molecule has 1 saturated heterocycles. The zero-order valence-electron chi connectivity index (χ0n) is 11.1. The van der Waals surface area contributed by atoms with Gasteiger partial charge in [-0.25, -0.2) is 9.37 Å². The lowest BCUT2D eigenvalue weighted by atomic mass is 10.0. The van der Waals surface area contributed by atoms with Crippen LogP contribution in [0.25, 0.3) is 6.08 Å². The number of allylic oxidation sites excluding steroid dienone is 1. The molecule has 3 rings (SSSR count). The minimum atomic E-state index is -1.07. The van der Waals surface area contributed by atoms with Crippen molar-refractivity contribution in [1.82, 2.24) is 10.3 Å². The number of halogens is 1. The van der Waals surface area contributed by atoms with Crippen molar-refractivity contribution in [3.63, 3.8) is 0 Å². The van der Waals surface area contributed by atoms with Crippen LogP contribution in [-0.4, -0.2) is 30.3 Å². The van der Waals surface area contributed by atoms with Crippen molar-refractivity contribution in [3.05, 3.63) is 29.5 Å². The predicted molar refractivity (Wildman–Crippen MR) is 76.0 cm³/mol. The Morgan fingerprint density at radius 1 is 1.37 bits per heavy atom. The van der Waals surface area contributed by atoms with Gasteiger partial charge >= 0.3 is 0 Å². The van der Waals surface area contributed by atoms with Crippen LogP contribution >= 0.6 is 0 Å². The summed E-state index contributed by atoms with van der Waals surface area (Å²) in [5.41, 5.74) is 1.12. The van der Waals surface area contributed by atoms with Crippen LogP contribution in [0.3, 0.4) is 0 Å². The molecule has 0 saturated carbocycles. The molecule has 19 heavy (non-hydrogen) atoms. The molecule has 1 unspecified atom stereocenters. The van der Waals surface area contributed by atoms with E-state index in [0.29, 0.717) is 19.4 Å². The first-order valence-electron chi connectivity index (χ1n) is 7.05. The maximum absolute atomic E-state index is 14.1. The van der Waals surface area contributed by atoms with Crippen LogP contribution in [0.15, 0.2) is 18.2 Å². The number of rotatable bonds is 3. The van der Waals surface area contributed by atoms with Gasteiger partial charge < -0.3 is 10.6 Å². The SMILES string of the molecule is FC1(C/C=C/c2ccc3c(n2)NCCC3)CCNC1. The number of nitrogens with one attached hydrogen (secondary N) is 2. The van der Waals surface area contributed by atoms with E-state index >= 15 is 0 Å². The second-order valence-corrected chi connectivity index (χ2v) is 5.46. The molecule has 3 nitrogen and oxygen atoms in total. The first-order chi connectivity index (χ1) is 9.25. The summed E-state index contributed by atoms with van der Waals surface area (Å²) in [6, 6.07) is 4.14.